The molecule has 2 aromatic rings. The second-order valence-electron chi connectivity index (χ2n) is 15.0. The molecule has 0 radical (unpaired) electrons. The highest BCUT2D eigenvalue weighted by molar-refractivity contribution is 6.39. The minimum Gasteiger partial charge on any atom is -0.383 e. The molecule has 254 valence electrons. The molecule has 2 aliphatic rings. The van der Waals surface area contributed by atoms with Crippen LogP contribution in [0.1, 0.15) is 108 Å². The normalized spacial score (nSPS) is 21.0. The summed E-state index contributed by atoms with van der Waals surface area (Å²) in [6.07, 6.45) is 5.34. The van der Waals surface area contributed by atoms with Crippen molar-refractivity contribution in [1.29, 1.82) is 0 Å². The van der Waals surface area contributed by atoms with Gasteiger partial charge in [0.2, 0.25) is 0 Å². The number of amides is 2. The van der Waals surface area contributed by atoms with E-state index in [9.17, 15) is 9.59 Å². The van der Waals surface area contributed by atoms with Crippen molar-refractivity contribution >= 4 is 17.6 Å². The van der Waals surface area contributed by atoms with Gasteiger partial charge in [-0.05, 0) is 73.0 Å². The van der Waals surface area contributed by atoms with Crippen molar-refractivity contribution in [2.75, 3.05) is 40.5 Å². The van der Waals surface area contributed by atoms with Gasteiger partial charge in [-0.3, -0.25) is 9.59 Å². The number of nitrogens with one attached hydrogen (secondary N) is 2. The smallest absolute Gasteiger partial charge is 0.291 e. The lowest BCUT2D eigenvalue weighted by Crippen LogP contribution is -2.52. The molecule has 2 N–H and O–H groups in total. The summed E-state index contributed by atoms with van der Waals surface area (Å²) < 4.78 is 10.8. The molecule has 1 aromatic heterocycles. The van der Waals surface area contributed by atoms with Crippen LogP contribution in [0.5, 0.6) is 0 Å². The summed E-state index contributed by atoms with van der Waals surface area (Å²) in [4.78, 5) is 37.2. The van der Waals surface area contributed by atoms with E-state index in [1.165, 1.54) is 0 Å². The van der Waals surface area contributed by atoms with E-state index in [0.29, 0.717) is 49.4 Å². The topological polar surface area (TPSA) is 138 Å². The standard InChI is InChI=1S/C34H54N8O4/c1-32(2,3)16-15-27(24-9-11-25(12-10-24)30(43)35-23-28-37-39-40-38-28)42-31(44)29(41(19-21-45-7)20-22-46-8)36-34(42)17-13-26(14-18-34)33(4,5)6/h9-12,26-27H,13-23H2,1-8H3,(H,35,43)(H,37,38,39,40)/t26?,27-,34?/m1/s1. The summed E-state index contributed by atoms with van der Waals surface area (Å²) in [5.74, 6) is 1.20. The fraction of sp³-hybridized carbons (Fsp3) is 0.706. The average Bonchev–Trinajstić information content (AvgIpc) is 3.63. The number of aromatic nitrogens is 4. The predicted molar refractivity (Wildman–Crippen MR) is 177 cm³/mol. The lowest BCUT2D eigenvalue weighted by molar-refractivity contribution is -0.134. The van der Waals surface area contributed by atoms with Crippen LogP contribution >= 0.6 is 0 Å². The van der Waals surface area contributed by atoms with Crippen LogP contribution in [-0.4, -0.2) is 94.3 Å². The first-order valence-electron chi connectivity index (χ1n) is 16.5. The number of carbonyl (C=O) groups excluding carboxylic acids is 2. The molecule has 1 atom stereocenters. The molecule has 1 aromatic carbocycles. The van der Waals surface area contributed by atoms with E-state index >= 15 is 0 Å². The molecule has 12 nitrogen and oxygen atoms in total. The first-order chi connectivity index (χ1) is 21.8. The minimum atomic E-state index is -0.629. The third kappa shape index (κ3) is 8.70. The Hall–Kier alpha value is -3.38. The van der Waals surface area contributed by atoms with E-state index in [0.717, 1.165) is 44.1 Å². The second-order valence-corrected chi connectivity index (χ2v) is 15.0. The van der Waals surface area contributed by atoms with E-state index in [-0.39, 0.29) is 35.2 Å². The molecule has 46 heavy (non-hydrogen) atoms. The van der Waals surface area contributed by atoms with Crippen molar-refractivity contribution in [2.24, 2.45) is 21.7 Å². The Morgan fingerprint density at radius 1 is 1.07 bits per heavy atom. The molecule has 1 saturated carbocycles. The number of hydrogen-bond acceptors (Lipinski definition) is 9. The molecule has 0 bridgehead atoms. The van der Waals surface area contributed by atoms with Crippen molar-refractivity contribution in [2.45, 2.75) is 98.3 Å². The number of nitrogens with zero attached hydrogens (tertiary/aromatic N) is 6. The number of benzene rings is 1. The number of ether oxygens (including phenoxy) is 2. The fourth-order valence-corrected chi connectivity index (χ4v) is 6.65. The van der Waals surface area contributed by atoms with Gasteiger partial charge in [-0.1, -0.05) is 58.9 Å². The molecular formula is C34H54N8O4. The van der Waals surface area contributed by atoms with Crippen LogP contribution in [-0.2, 0) is 20.8 Å². The van der Waals surface area contributed by atoms with E-state index in [1.54, 1.807) is 14.2 Å². The van der Waals surface area contributed by atoms with E-state index in [4.69, 9.17) is 14.5 Å². The van der Waals surface area contributed by atoms with E-state index in [1.807, 2.05) is 29.2 Å². The van der Waals surface area contributed by atoms with Crippen LogP contribution in [0.3, 0.4) is 0 Å². The highest BCUT2D eigenvalue weighted by atomic mass is 16.5. The maximum atomic E-state index is 14.7. The van der Waals surface area contributed by atoms with Crippen LogP contribution in [0.15, 0.2) is 29.3 Å². The summed E-state index contributed by atoms with van der Waals surface area (Å²) in [7, 11) is 3.35. The van der Waals surface area contributed by atoms with Gasteiger partial charge in [0.25, 0.3) is 11.8 Å². The highest BCUT2D eigenvalue weighted by Crippen LogP contribution is 2.50. The summed E-state index contributed by atoms with van der Waals surface area (Å²) >= 11 is 0. The van der Waals surface area contributed by atoms with E-state index < -0.39 is 5.66 Å². The maximum absolute atomic E-state index is 14.7. The van der Waals surface area contributed by atoms with Crippen molar-refractivity contribution in [3.05, 3.63) is 41.2 Å². The third-order valence-electron chi connectivity index (χ3n) is 9.45. The van der Waals surface area contributed by atoms with E-state index in [2.05, 4.69) is 72.4 Å². The summed E-state index contributed by atoms with van der Waals surface area (Å²) in [5, 5.41) is 16.6. The van der Waals surface area contributed by atoms with Gasteiger partial charge in [-0.2, -0.15) is 5.21 Å². The zero-order valence-electron chi connectivity index (χ0n) is 29.1. The number of hydrogen-bond donors (Lipinski definition) is 2. The molecule has 2 amide bonds. The molecule has 0 saturated heterocycles. The number of H-pyrrole nitrogens is 1. The lowest BCUT2D eigenvalue weighted by atomic mass is 9.69. The molecule has 2 heterocycles. The Balaban J connectivity index is 1.69. The largest absolute Gasteiger partial charge is 0.383 e. The van der Waals surface area contributed by atoms with Crippen LogP contribution in [0.25, 0.3) is 0 Å². The lowest BCUT2D eigenvalue weighted by Gasteiger charge is -2.47. The molecular weight excluding hydrogens is 584 g/mol. The Kier molecular flexibility index (Phi) is 11.6. The first-order valence-corrected chi connectivity index (χ1v) is 16.5. The van der Waals surface area contributed by atoms with Crippen LogP contribution in [0, 0.1) is 16.7 Å². The molecule has 0 unspecified atom stereocenters. The number of rotatable bonds is 13. The average molecular weight is 639 g/mol. The molecule has 1 aliphatic heterocycles. The summed E-state index contributed by atoms with van der Waals surface area (Å²) in [6.45, 7) is 15.9. The van der Waals surface area contributed by atoms with Gasteiger partial charge >= 0.3 is 0 Å². The number of amidine groups is 1. The van der Waals surface area contributed by atoms with Crippen LogP contribution < -0.4 is 5.32 Å². The van der Waals surface area contributed by atoms with Gasteiger partial charge in [-0.15, -0.1) is 10.2 Å². The number of carbonyl (C=O) groups is 2. The second kappa shape index (κ2) is 15.0. The van der Waals surface area contributed by atoms with Gasteiger partial charge in [0.1, 0.15) is 5.66 Å². The van der Waals surface area contributed by atoms with Crippen LogP contribution in [0.4, 0.5) is 0 Å². The summed E-state index contributed by atoms with van der Waals surface area (Å²) in [6, 6.07) is 7.44. The highest BCUT2D eigenvalue weighted by Gasteiger charge is 2.53. The number of tetrazole rings is 1. The Labute approximate surface area is 274 Å². The molecule has 1 aliphatic carbocycles. The minimum absolute atomic E-state index is 0.0396. The quantitative estimate of drug-likeness (QED) is 0.320. The number of methoxy groups -OCH3 is 2. The van der Waals surface area contributed by atoms with Gasteiger partial charge in [-0.25, -0.2) is 4.99 Å². The predicted octanol–water partition coefficient (Wildman–Crippen LogP) is 4.77. The van der Waals surface area contributed by atoms with Crippen LogP contribution in [0.2, 0.25) is 0 Å². The zero-order valence-corrected chi connectivity index (χ0v) is 29.1. The fourth-order valence-electron chi connectivity index (χ4n) is 6.65. The van der Waals surface area contributed by atoms with Crippen molar-refractivity contribution < 1.29 is 19.1 Å². The molecule has 1 spiro atoms. The molecule has 12 heteroatoms. The maximum Gasteiger partial charge on any atom is 0.291 e. The first kappa shape index (κ1) is 35.5. The van der Waals surface area contributed by atoms with Gasteiger partial charge in [0.15, 0.2) is 11.7 Å². The molecule has 1 fully saturated rings. The van der Waals surface area contributed by atoms with Gasteiger partial charge < -0.3 is 24.6 Å². The van der Waals surface area contributed by atoms with Crippen molar-refractivity contribution in [3.8, 4) is 0 Å². The summed E-state index contributed by atoms with van der Waals surface area (Å²) in [5.41, 5.74) is 1.16. The number of aromatic amines is 1. The Morgan fingerprint density at radius 2 is 1.70 bits per heavy atom. The third-order valence-corrected chi connectivity index (χ3v) is 9.45. The SMILES string of the molecule is COCCN(CCOC)C1=NC2(CCC(C(C)(C)C)CC2)N([C@H](CCC(C)(C)C)c2ccc(C(=O)NCc3nn[nH]n3)cc2)C1=O. The van der Waals surface area contributed by atoms with Gasteiger partial charge in [0.05, 0.1) is 25.8 Å². The van der Waals surface area contributed by atoms with Crippen molar-refractivity contribution in [1.82, 2.24) is 35.7 Å². The van der Waals surface area contributed by atoms with Crippen molar-refractivity contribution in [3.63, 3.8) is 0 Å². The van der Waals surface area contributed by atoms with Gasteiger partial charge in [0, 0.05) is 32.9 Å². The number of aliphatic imine (C=N–C) groups is 1. The monoisotopic (exact) mass is 638 g/mol. The Bertz CT molecular complexity index is 1300. The molecule has 4 rings (SSSR count). The Morgan fingerprint density at radius 3 is 2.22 bits per heavy atom. The zero-order chi connectivity index (χ0) is 33.5.